The van der Waals surface area contributed by atoms with E-state index in [0.717, 1.165) is 22.6 Å². The van der Waals surface area contributed by atoms with Crippen molar-refractivity contribution in [3.63, 3.8) is 0 Å². The van der Waals surface area contributed by atoms with Crippen LogP contribution in [0.25, 0.3) is 11.5 Å². The number of hydrogen-bond donors (Lipinski definition) is 1. The normalized spacial score (nSPS) is 10.7. The van der Waals surface area contributed by atoms with Gasteiger partial charge in [-0.1, -0.05) is 6.07 Å². The van der Waals surface area contributed by atoms with E-state index < -0.39 is 0 Å². The molecule has 4 aromatic rings. The number of aryl methyl sites for hydroxylation is 1. The van der Waals surface area contributed by atoms with Crippen LogP contribution in [0.4, 0.5) is 0 Å². The van der Waals surface area contributed by atoms with Gasteiger partial charge in [0, 0.05) is 31.3 Å². The van der Waals surface area contributed by atoms with Crippen LogP contribution in [-0.2, 0) is 6.54 Å². The second kappa shape index (κ2) is 7.97. The lowest BCUT2D eigenvalue weighted by atomic mass is 10.2. The Bertz CT molecular complexity index is 1130. The zero-order chi connectivity index (χ0) is 20.2. The van der Waals surface area contributed by atoms with Gasteiger partial charge in [-0.25, -0.2) is 14.6 Å². The topological polar surface area (TPSA) is 86.9 Å². The standard InChI is InChI=1S/C21H20N6O2/c1-15-3-4-19(29-2)18(11-15)27-9-6-17(25-27)21(28)24-13-16-5-7-23-20(12-16)26-10-8-22-14-26/h3-12,14H,13H2,1-2H3,(H,24,28). The van der Waals surface area contributed by atoms with Crippen molar-refractivity contribution in [1.82, 2.24) is 29.6 Å². The Morgan fingerprint density at radius 1 is 1.14 bits per heavy atom. The minimum atomic E-state index is -0.253. The van der Waals surface area contributed by atoms with E-state index in [-0.39, 0.29) is 5.91 Å². The lowest BCUT2D eigenvalue weighted by Gasteiger charge is -2.09. The third-order valence-corrected chi connectivity index (χ3v) is 4.43. The van der Waals surface area contributed by atoms with Crippen LogP contribution in [0, 0.1) is 6.92 Å². The molecule has 0 unspecified atom stereocenters. The highest BCUT2D eigenvalue weighted by molar-refractivity contribution is 5.92. The molecular weight excluding hydrogens is 368 g/mol. The SMILES string of the molecule is COc1ccc(C)cc1-n1ccc(C(=O)NCc2ccnc(-n3ccnc3)c2)n1. The predicted octanol–water partition coefficient (Wildman–Crippen LogP) is 2.70. The highest BCUT2D eigenvalue weighted by Gasteiger charge is 2.13. The number of pyridine rings is 1. The predicted molar refractivity (Wildman–Crippen MR) is 107 cm³/mol. The van der Waals surface area contributed by atoms with Crippen LogP contribution in [0.15, 0.2) is 67.5 Å². The van der Waals surface area contributed by atoms with E-state index >= 15 is 0 Å². The minimum Gasteiger partial charge on any atom is -0.494 e. The summed E-state index contributed by atoms with van der Waals surface area (Å²) in [5.41, 5.74) is 3.12. The van der Waals surface area contributed by atoms with Crippen LogP contribution < -0.4 is 10.1 Å². The molecule has 0 radical (unpaired) electrons. The van der Waals surface area contributed by atoms with Crippen LogP contribution in [-0.4, -0.2) is 37.3 Å². The molecule has 0 saturated heterocycles. The molecule has 0 spiro atoms. The van der Waals surface area contributed by atoms with E-state index in [0.29, 0.717) is 18.0 Å². The molecule has 146 valence electrons. The van der Waals surface area contributed by atoms with Gasteiger partial charge in [-0.05, 0) is 48.4 Å². The van der Waals surface area contributed by atoms with Gasteiger partial charge >= 0.3 is 0 Å². The van der Waals surface area contributed by atoms with Crippen molar-refractivity contribution >= 4 is 5.91 Å². The summed E-state index contributed by atoms with van der Waals surface area (Å²) in [6, 6.07) is 11.2. The maximum atomic E-state index is 12.5. The molecule has 3 aromatic heterocycles. The van der Waals surface area contributed by atoms with E-state index in [2.05, 4.69) is 20.4 Å². The fourth-order valence-corrected chi connectivity index (χ4v) is 2.94. The highest BCUT2D eigenvalue weighted by Crippen LogP contribution is 2.23. The van der Waals surface area contributed by atoms with Gasteiger partial charge in [0.25, 0.3) is 5.91 Å². The summed E-state index contributed by atoms with van der Waals surface area (Å²) in [5, 5.41) is 7.29. The number of carbonyl (C=O) groups is 1. The van der Waals surface area contributed by atoms with Gasteiger partial charge in [0.15, 0.2) is 5.69 Å². The van der Waals surface area contributed by atoms with Crippen molar-refractivity contribution in [3.05, 3.63) is 84.3 Å². The summed E-state index contributed by atoms with van der Waals surface area (Å²) in [6.45, 7) is 2.36. The summed E-state index contributed by atoms with van der Waals surface area (Å²) < 4.78 is 8.85. The van der Waals surface area contributed by atoms with Gasteiger partial charge in [0.05, 0.1) is 7.11 Å². The molecule has 3 heterocycles. The molecular formula is C21H20N6O2. The second-order valence-electron chi connectivity index (χ2n) is 6.50. The molecule has 0 aliphatic heterocycles. The Labute approximate surface area is 167 Å². The Morgan fingerprint density at radius 2 is 2.03 bits per heavy atom. The zero-order valence-electron chi connectivity index (χ0n) is 16.1. The highest BCUT2D eigenvalue weighted by atomic mass is 16.5. The molecule has 8 heteroatoms. The number of benzene rings is 1. The zero-order valence-corrected chi connectivity index (χ0v) is 16.1. The van der Waals surface area contributed by atoms with Gasteiger partial charge in [-0.2, -0.15) is 5.10 Å². The van der Waals surface area contributed by atoms with Crippen LogP contribution in [0.5, 0.6) is 5.75 Å². The van der Waals surface area contributed by atoms with Crippen LogP contribution in [0.1, 0.15) is 21.6 Å². The lowest BCUT2D eigenvalue weighted by molar-refractivity contribution is 0.0945. The molecule has 0 fully saturated rings. The number of aromatic nitrogens is 5. The number of nitrogens with one attached hydrogen (secondary N) is 1. The third kappa shape index (κ3) is 4.01. The van der Waals surface area contributed by atoms with Crippen molar-refractivity contribution in [2.45, 2.75) is 13.5 Å². The number of nitrogens with zero attached hydrogens (tertiary/aromatic N) is 5. The molecule has 0 atom stereocenters. The first-order chi connectivity index (χ1) is 14.1. The number of carbonyl (C=O) groups excluding carboxylic acids is 1. The molecule has 1 amide bonds. The Balaban J connectivity index is 1.47. The lowest BCUT2D eigenvalue weighted by Crippen LogP contribution is -2.23. The van der Waals surface area contributed by atoms with Crippen molar-refractivity contribution in [1.29, 1.82) is 0 Å². The summed E-state index contributed by atoms with van der Waals surface area (Å²) in [7, 11) is 1.61. The van der Waals surface area contributed by atoms with Crippen LogP contribution in [0.2, 0.25) is 0 Å². The van der Waals surface area contributed by atoms with E-state index in [1.807, 2.05) is 48.0 Å². The second-order valence-corrected chi connectivity index (χ2v) is 6.50. The molecule has 29 heavy (non-hydrogen) atoms. The van der Waals surface area contributed by atoms with E-state index in [4.69, 9.17) is 4.74 Å². The van der Waals surface area contributed by atoms with Gasteiger partial charge < -0.3 is 10.1 Å². The first kappa shape index (κ1) is 18.4. The fraction of sp³-hybridized carbons (Fsp3) is 0.143. The van der Waals surface area contributed by atoms with Crippen molar-refractivity contribution in [2.24, 2.45) is 0 Å². The van der Waals surface area contributed by atoms with Crippen molar-refractivity contribution in [3.8, 4) is 17.3 Å². The first-order valence-electron chi connectivity index (χ1n) is 9.06. The summed E-state index contributed by atoms with van der Waals surface area (Å²) in [4.78, 5) is 20.9. The van der Waals surface area contributed by atoms with Gasteiger partial charge in [0.2, 0.25) is 0 Å². The number of rotatable bonds is 6. The van der Waals surface area contributed by atoms with Crippen molar-refractivity contribution in [2.75, 3.05) is 7.11 Å². The van der Waals surface area contributed by atoms with E-state index in [9.17, 15) is 4.79 Å². The fourth-order valence-electron chi connectivity index (χ4n) is 2.94. The van der Waals surface area contributed by atoms with Gasteiger partial charge in [-0.15, -0.1) is 0 Å². The van der Waals surface area contributed by atoms with Crippen molar-refractivity contribution < 1.29 is 9.53 Å². The number of ether oxygens (including phenoxy) is 1. The maximum absolute atomic E-state index is 12.5. The van der Waals surface area contributed by atoms with Crippen LogP contribution >= 0.6 is 0 Å². The summed E-state index contributed by atoms with van der Waals surface area (Å²) >= 11 is 0. The molecule has 0 saturated carbocycles. The van der Waals surface area contributed by atoms with E-state index in [1.165, 1.54) is 0 Å². The first-order valence-corrected chi connectivity index (χ1v) is 9.06. The average molecular weight is 388 g/mol. The monoisotopic (exact) mass is 388 g/mol. The number of imidazole rings is 1. The number of methoxy groups -OCH3 is 1. The molecule has 0 aliphatic carbocycles. The largest absolute Gasteiger partial charge is 0.494 e. The summed E-state index contributed by atoms with van der Waals surface area (Å²) in [5.74, 6) is 1.18. The molecule has 0 bridgehead atoms. The Kier molecular flexibility index (Phi) is 5.07. The van der Waals surface area contributed by atoms with Gasteiger partial charge in [-0.3, -0.25) is 9.36 Å². The summed E-state index contributed by atoms with van der Waals surface area (Å²) in [6.07, 6.45) is 8.63. The quantitative estimate of drug-likeness (QED) is 0.549. The van der Waals surface area contributed by atoms with Gasteiger partial charge in [0.1, 0.15) is 23.6 Å². The average Bonchev–Trinajstić information content (AvgIpc) is 3.44. The molecule has 4 rings (SSSR count). The minimum absolute atomic E-state index is 0.253. The molecule has 1 aromatic carbocycles. The number of hydrogen-bond acceptors (Lipinski definition) is 5. The smallest absolute Gasteiger partial charge is 0.272 e. The Hall–Kier alpha value is -3.94. The number of amides is 1. The maximum Gasteiger partial charge on any atom is 0.272 e. The molecule has 0 aliphatic rings. The molecule has 8 nitrogen and oxygen atoms in total. The third-order valence-electron chi connectivity index (χ3n) is 4.43. The van der Waals surface area contributed by atoms with Crippen LogP contribution in [0.3, 0.4) is 0 Å². The Morgan fingerprint density at radius 3 is 2.83 bits per heavy atom. The van der Waals surface area contributed by atoms with E-state index in [1.54, 1.807) is 42.8 Å². The molecule has 1 N–H and O–H groups in total.